The number of ether oxygens (including phenoxy) is 1. The number of aromatic amines is 1. The normalized spacial score (nSPS) is 15.4. The molecule has 2 N–H and O–H groups in total. The summed E-state index contributed by atoms with van der Waals surface area (Å²) in [5, 5.41) is 3.30. The predicted octanol–water partition coefficient (Wildman–Crippen LogP) is 2.86. The third-order valence-electron chi connectivity index (χ3n) is 4.66. The molecular weight excluding hydrogens is 328 g/mol. The Bertz CT molecular complexity index is 970. The van der Waals surface area contributed by atoms with Crippen molar-refractivity contribution in [3.63, 3.8) is 0 Å². The van der Waals surface area contributed by atoms with E-state index < -0.39 is 0 Å². The molecule has 1 aliphatic heterocycles. The maximum absolute atomic E-state index is 11.9. The van der Waals surface area contributed by atoms with Crippen LogP contribution < -0.4 is 15.6 Å². The fourth-order valence-electron chi connectivity index (χ4n) is 3.01. The highest BCUT2D eigenvalue weighted by Gasteiger charge is 2.21. The monoisotopic (exact) mass is 348 g/mol. The number of rotatable bonds is 4. The molecule has 0 aliphatic carbocycles. The Balaban J connectivity index is 1.42. The van der Waals surface area contributed by atoms with Crippen LogP contribution in [0.2, 0.25) is 0 Å². The molecule has 26 heavy (non-hydrogen) atoms. The quantitative estimate of drug-likeness (QED) is 0.758. The zero-order chi connectivity index (χ0) is 18.1. The van der Waals surface area contributed by atoms with Crippen LogP contribution in [-0.4, -0.2) is 27.6 Å². The van der Waals surface area contributed by atoms with Crippen LogP contribution in [0.15, 0.2) is 47.4 Å². The van der Waals surface area contributed by atoms with Gasteiger partial charge < -0.3 is 15.0 Å². The number of H-pyrrole nitrogens is 1. The zero-order valence-electron chi connectivity index (χ0n) is 14.7. The van der Waals surface area contributed by atoms with E-state index in [2.05, 4.69) is 26.3 Å². The lowest BCUT2D eigenvalue weighted by atomic mass is 10.1. The van der Waals surface area contributed by atoms with Gasteiger partial charge >= 0.3 is 0 Å². The molecule has 3 aromatic rings. The van der Waals surface area contributed by atoms with E-state index in [1.807, 2.05) is 37.3 Å². The summed E-state index contributed by atoms with van der Waals surface area (Å²) in [4.78, 5) is 23.5. The molecule has 0 bridgehead atoms. The molecule has 1 unspecified atom stereocenters. The van der Waals surface area contributed by atoms with Gasteiger partial charge in [-0.05, 0) is 37.6 Å². The van der Waals surface area contributed by atoms with Gasteiger partial charge in [0.15, 0.2) is 0 Å². The maximum atomic E-state index is 11.9. The summed E-state index contributed by atoms with van der Waals surface area (Å²) < 4.78 is 5.92. The van der Waals surface area contributed by atoms with Crippen molar-refractivity contribution in [2.24, 2.45) is 0 Å². The first-order valence-corrected chi connectivity index (χ1v) is 8.62. The number of aromatic nitrogens is 3. The fourth-order valence-corrected chi connectivity index (χ4v) is 3.01. The van der Waals surface area contributed by atoms with Gasteiger partial charge in [0.1, 0.15) is 23.5 Å². The average Bonchev–Trinajstić information content (AvgIpc) is 3.07. The predicted molar refractivity (Wildman–Crippen MR) is 101 cm³/mol. The Morgan fingerprint density at radius 1 is 1.23 bits per heavy atom. The second-order valence-corrected chi connectivity index (χ2v) is 6.49. The first-order valence-electron chi connectivity index (χ1n) is 8.62. The molecule has 0 saturated heterocycles. The highest BCUT2D eigenvalue weighted by atomic mass is 16.5. The number of para-hydroxylation sites is 1. The molecule has 0 amide bonds. The van der Waals surface area contributed by atoms with Gasteiger partial charge in [0.25, 0.3) is 5.56 Å². The summed E-state index contributed by atoms with van der Waals surface area (Å²) in [6.45, 7) is 4.27. The third-order valence-corrected chi connectivity index (χ3v) is 4.66. The summed E-state index contributed by atoms with van der Waals surface area (Å²) in [5.74, 6) is 2.26. The van der Waals surface area contributed by atoms with Crippen LogP contribution in [-0.2, 0) is 6.42 Å². The van der Waals surface area contributed by atoms with Crippen molar-refractivity contribution in [2.75, 3.05) is 11.9 Å². The first-order chi connectivity index (χ1) is 12.6. The van der Waals surface area contributed by atoms with E-state index in [1.165, 1.54) is 5.56 Å². The Hall–Kier alpha value is -3.15. The van der Waals surface area contributed by atoms with Gasteiger partial charge in [-0.15, -0.1) is 0 Å². The van der Waals surface area contributed by atoms with Crippen LogP contribution in [0, 0.1) is 13.8 Å². The molecule has 132 valence electrons. The molecule has 0 spiro atoms. The van der Waals surface area contributed by atoms with E-state index in [4.69, 9.17) is 4.74 Å². The lowest BCUT2D eigenvalue weighted by Crippen LogP contribution is -2.24. The number of pyridine rings is 1. The van der Waals surface area contributed by atoms with Crippen LogP contribution in [0.5, 0.6) is 5.75 Å². The molecular formula is C20H20N4O2. The van der Waals surface area contributed by atoms with E-state index >= 15 is 0 Å². The minimum Gasteiger partial charge on any atom is -0.488 e. The smallest absolute Gasteiger partial charge is 0.254 e. The van der Waals surface area contributed by atoms with Gasteiger partial charge in [0, 0.05) is 29.4 Å². The van der Waals surface area contributed by atoms with Crippen LogP contribution >= 0.6 is 0 Å². The summed E-state index contributed by atoms with van der Waals surface area (Å²) in [6.07, 6.45) is 2.71. The summed E-state index contributed by atoms with van der Waals surface area (Å²) >= 11 is 0. The summed E-state index contributed by atoms with van der Waals surface area (Å²) in [7, 11) is 0. The molecule has 1 aliphatic rings. The Morgan fingerprint density at radius 2 is 2.08 bits per heavy atom. The van der Waals surface area contributed by atoms with Gasteiger partial charge in [-0.25, -0.2) is 9.97 Å². The number of benzene rings is 1. The van der Waals surface area contributed by atoms with E-state index in [0.29, 0.717) is 17.9 Å². The SMILES string of the molecule is Cc1nc(-c2ccc(NCC3Cc4ccccc4O3)nc2)[nH]c(=O)c1C. The zero-order valence-corrected chi connectivity index (χ0v) is 14.7. The second-order valence-electron chi connectivity index (χ2n) is 6.49. The number of nitrogens with one attached hydrogen (secondary N) is 2. The van der Waals surface area contributed by atoms with Crippen molar-refractivity contribution < 1.29 is 4.74 Å². The molecule has 3 heterocycles. The molecule has 0 saturated carbocycles. The number of hydrogen-bond donors (Lipinski definition) is 2. The van der Waals surface area contributed by atoms with Crippen molar-refractivity contribution in [1.82, 2.24) is 15.0 Å². The Morgan fingerprint density at radius 3 is 2.81 bits per heavy atom. The number of hydrogen-bond acceptors (Lipinski definition) is 5. The number of anilines is 1. The van der Waals surface area contributed by atoms with Gasteiger partial charge in [0.2, 0.25) is 0 Å². The molecule has 0 radical (unpaired) electrons. The van der Waals surface area contributed by atoms with E-state index in [-0.39, 0.29) is 11.7 Å². The van der Waals surface area contributed by atoms with Gasteiger partial charge in [0.05, 0.1) is 6.54 Å². The van der Waals surface area contributed by atoms with Crippen molar-refractivity contribution >= 4 is 5.82 Å². The molecule has 6 heteroatoms. The lowest BCUT2D eigenvalue weighted by Gasteiger charge is -2.12. The summed E-state index contributed by atoms with van der Waals surface area (Å²) in [6, 6.07) is 11.9. The number of fused-ring (bicyclic) bond motifs is 1. The van der Waals surface area contributed by atoms with Crippen LogP contribution in [0.4, 0.5) is 5.82 Å². The van der Waals surface area contributed by atoms with Crippen LogP contribution in [0.25, 0.3) is 11.4 Å². The van der Waals surface area contributed by atoms with Gasteiger partial charge in [-0.1, -0.05) is 18.2 Å². The maximum Gasteiger partial charge on any atom is 0.254 e. The second kappa shape index (κ2) is 6.63. The summed E-state index contributed by atoms with van der Waals surface area (Å²) in [5.41, 5.74) is 3.27. The van der Waals surface area contributed by atoms with Crippen molar-refractivity contribution in [1.29, 1.82) is 0 Å². The molecule has 2 aromatic heterocycles. The minimum atomic E-state index is -0.118. The highest BCUT2D eigenvalue weighted by Crippen LogP contribution is 2.28. The Kier molecular flexibility index (Phi) is 4.16. The minimum absolute atomic E-state index is 0.103. The van der Waals surface area contributed by atoms with Crippen molar-refractivity contribution in [2.45, 2.75) is 26.4 Å². The van der Waals surface area contributed by atoms with E-state index in [0.717, 1.165) is 29.2 Å². The molecule has 6 nitrogen and oxygen atoms in total. The van der Waals surface area contributed by atoms with Gasteiger partial charge in [-0.3, -0.25) is 4.79 Å². The van der Waals surface area contributed by atoms with E-state index in [9.17, 15) is 4.79 Å². The first kappa shape index (κ1) is 16.3. The van der Waals surface area contributed by atoms with Crippen LogP contribution in [0.3, 0.4) is 0 Å². The third kappa shape index (κ3) is 3.18. The number of aryl methyl sites for hydroxylation is 1. The standard InChI is InChI=1S/C20H20N4O2/c1-12-13(2)23-19(24-20(12)25)15-7-8-18(21-10-15)22-11-16-9-14-5-3-4-6-17(14)26-16/h3-8,10,16H,9,11H2,1-2H3,(H,21,22)(H,23,24,25). The topological polar surface area (TPSA) is 79.9 Å². The van der Waals surface area contributed by atoms with Gasteiger partial charge in [-0.2, -0.15) is 0 Å². The lowest BCUT2D eigenvalue weighted by molar-refractivity contribution is 0.246. The van der Waals surface area contributed by atoms with Crippen molar-refractivity contribution in [3.05, 3.63) is 69.8 Å². The number of nitrogens with zero attached hydrogens (tertiary/aromatic N) is 2. The fraction of sp³-hybridized carbons (Fsp3) is 0.250. The molecule has 1 atom stereocenters. The molecule has 1 aromatic carbocycles. The molecule has 0 fully saturated rings. The highest BCUT2D eigenvalue weighted by molar-refractivity contribution is 5.56. The average molecular weight is 348 g/mol. The Labute approximate surface area is 151 Å². The van der Waals surface area contributed by atoms with Crippen molar-refractivity contribution in [3.8, 4) is 17.1 Å². The molecule has 4 rings (SSSR count). The largest absolute Gasteiger partial charge is 0.488 e. The van der Waals surface area contributed by atoms with Crippen LogP contribution in [0.1, 0.15) is 16.8 Å². The van der Waals surface area contributed by atoms with E-state index in [1.54, 1.807) is 13.1 Å².